The molecule has 3 aromatic rings. The van der Waals surface area contributed by atoms with Gasteiger partial charge in [0.25, 0.3) is 0 Å². The summed E-state index contributed by atoms with van der Waals surface area (Å²) in [4.78, 5) is -0.222. The molecule has 0 spiro atoms. The van der Waals surface area contributed by atoms with Crippen LogP contribution in [0.2, 0.25) is 0 Å². The van der Waals surface area contributed by atoms with Crippen molar-refractivity contribution in [3.05, 3.63) is 72.8 Å². The predicted molar refractivity (Wildman–Crippen MR) is 125 cm³/mol. The summed E-state index contributed by atoms with van der Waals surface area (Å²) in [5, 5.41) is 2.09. The summed E-state index contributed by atoms with van der Waals surface area (Å²) < 4.78 is 48.5. The van der Waals surface area contributed by atoms with E-state index in [4.69, 9.17) is 9.47 Å². The molecule has 0 N–H and O–H groups in total. The Kier molecular flexibility index (Phi) is 7.37. The van der Waals surface area contributed by atoms with Gasteiger partial charge in [-0.2, -0.15) is 0 Å². The summed E-state index contributed by atoms with van der Waals surface area (Å²) in [6.45, 7) is 7.74. The first-order valence-corrected chi connectivity index (χ1v) is 12.8. The zero-order chi connectivity index (χ0) is 22.6. The van der Waals surface area contributed by atoms with E-state index in [1.165, 1.54) is 6.07 Å². The van der Waals surface area contributed by atoms with E-state index in [2.05, 4.69) is 0 Å². The molecule has 164 valence electrons. The Morgan fingerprint density at radius 2 is 1.06 bits per heavy atom. The molecule has 0 unspecified atom stereocenters. The molecule has 0 amide bonds. The minimum Gasteiger partial charge on any atom is -0.744 e. The monoisotopic (exact) mass is 457 g/mol. The molecule has 0 aliphatic heterocycles. The predicted octanol–water partition coefficient (Wildman–Crippen LogP) is 3.92. The van der Waals surface area contributed by atoms with Gasteiger partial charge in [-0.05, 0) is 53.8 Å². The average Bonchev–Trinajstić information content (AvgIpc) is 2.69. The molecule has 0 saturated heterocycles. The highest BCUT2D eigenvalue weighted by Gasteiger charge is 2.27. The maximum Gasteiger partial charge on any atom is 0.128 e. The number of para-hydroxylation sites is 2. The van der Waals surface area contributed by atoms with Crippen molar-refractivity contribution >= 4 is 34.0 Å². The summed E-state index contributed by atoms with van der Waals surface area (Å²) >= 11 is 0. The number of benzene rings is 3. The summed E-state index contributed by atoms with van der Waals surface area (Å²) in [7, 11) is -6.14. The van der Waals surface area contributed by atoms with E-state index in [9.17, 15) is 13.0 Å². The molecule has 0 heterocycles. The highest BCUT2D eigenvalue weighted by Crippen LogP contribution is 2.41. The Morgan fingerprint density at radius 3 is 1.48 bits per heavy atom. The van der Waals surface area contributed by atoms with E-state index in [0.29, 0.717) is 16.8 Å². The van der Waals surface area contributed by atoms with E-state index >= 15 is 0 Å². The van der Waals surface area contributed by atoms with Crippen LogP contribution in [0.5, 0.6) is 11.5 Å². The van der Waals surface area contributed by atoms with Gasteiger partial charge in [0.05, 0.1) is 17.1 Å². The zero-order valence-electron chi connectivity index (χ0n) is 18.0. The van der Waals surface area contributed by atoms with Crippen LogP contribution in [0.4, 0.5) is 0 Å². The van der Waals surface area contributed by atoms with E-state index in [0.717, 1.165) is 10.6 Å². The fourth-order valence-corrected chi connectivity index (χ4v) is 6.89. The maximum atomic E-state index is 12.1. The Morgan fingerprint density at radius 1 is 0.677 bits per heavy atom. The fourth-order valence-electron chi connectivity index (χ4n) is 3.23. The number of rotatable bonds is 8. The van der Waals surface area contributed by atoms with Crippen molar-refractivity contribution < 1.29 is 22.4 Å². The molecule has 0 atom stereocenters. The second-order valence-electron chi connectivity index (χ2n) is 7.53. The number of ether oxygens (including phenoxy) is 2. The Bertz CT molecular complexity index is 1090. The lowest BCUT2D eigenvalue weighted by molar-refractivity contribution is 0.244. The van der Waals surface area contributed by atoms with Gasteiger partial charge in [-0.15, -0.1) is 0 Å². The minimum atomic E-state index is -4.68. The molecule has 0 bridgehead atoms. The van der Waals surface area contributed by atoms with Crippen LogP contribution in [0.1, 0.15) is 27.7 Å². The summed E-state index contributed by atoms with van der Waals surface area (Å²) in [6, 6.07) is 21.5. The van der Waals surface area contributed by atoms with Crippen molar-refractivity contribution in [2.75, 3.05) is 0 Å². The molecule has 0 saturated carbocycles. The normalized spacial score (nSPS) is 11.9. The van der Waals surface area contributed by atoms with Crippen molar-refractivity contribution in [3.63, 3.8) is 0 Å². The Balaban J connectivity index is 2.34. The van der Waals surface area contributed by atoms with Gasteiger partial charge in [-0.1, -0.05) is 54.6 Å². The summed E-state index contributed by atoms with van der Waals surface area (Å²) in [5.74, 6) is 1.31. The van der Waals surface area contributed by atoms with Crippen LogP contribution >= 0.6 is 7.92 Å². The lowest BCUT2D eigenvalue weighted by Crippen LogP contribution is -2.28. The molecule has 31 heavy (non-hydrogen) atoms. The maximum absolute atomic E-state index is 12.1. The summed E-state index contributed by atoms with van der Waals surface area (Å²) in [5.41, 5.74) is 0. The third-order valence-electron chi connectivity index (χ3n) is 4.31. The van der Waals surface area contributed by atoms with Gasteiger partial charge in [-0.3, -0.25) is 0 Å². The van der Waals surface area contributed by atoms with Gasteiger partial charge in [0, 0.05) is 15.9 Å². The van der Waals surface area contributed by atoms with Gasteiger partial charge in [-0.25, -0.2) is 8.42 Å². The first-order chi connectivity index (χ1) is 14.7. The van der Waals surface area contributed by atoms with E-state index in [1.807, 2.05) is 76.2 Å². The van der Waals surface area contributed by atoms with Crippen molar-refractivity contribution in [2.45, 2.75) is 44.8 Å². The molecular weight excluding hydrogens is 431 g/mol. The van der Waals surface area contributed by atoms with Crippen LogP contribution in [0.25, 0.3) is 0 Å². The quantitative estimate of drug-likeness (QED) is 0.379. The molecule has 3 rings (SSSR count). The first kappa shape index (κ1) is 23.3. The van der Waals surface area contributed by atoms with Crippen molar-refractivity contribution in [3.8, 4) is 11.5 Å². The van der Waals surface area contributed by atoms with Crippen LogP contribution in [0.15, 0.2) is 77.7 Å². The molecule has 0 aromatic heterocycles. The Labute approximate surface area is 185 Å². The van der Waals surface area contributed by atoms with Crippen LogP contribution in [-0.4, -0.2) is 25.2 Å². The smallest absolute Gasteiger partial charge is 0.128 e. The molecule has 3 aromatic carbocycles. The van der Waals surface area contributed by atoms with Gasteiger partial charge >= 0.3 is 0 Å². The molecule has 5 nitrogen and oxygen atoms in total. The van der Waals surface area contributed by atoms with Crippen LogP contribution < -0.4 is 25.4 Å². The molecule has 0 radical (unpaired) electrons. The zero-order valence-corrected chi connectivity index (χ0v) is 19.7. The molecule has 0 aliphatic carbocycles. The second-order valence-corrected chi connectivity index (χ2v) is 11.0. The molecule has 0 aliphatic rings. The topological polar surface area (TPSA) is 75.7 Å². The van der Waals surface area contributed by atoms with Gasteiger partial charge in [0.1, 0.15) is 21.6 Å². The number of hydrogen-bond acceptors (Lipinski definition) is 5. The van der Waals surface area contributed by atoms with Gasteiger partial charge < -0.3 is 14.0 Å². The van der Waals surface area contributed by atoms with Crippen LogP contribution in [0.3, 0.4) is 0 Å². The highest BCUT2D eigenvalue weighted by atomic mass is 32.2. The standard InChI is InChI=1S/C24H27O5PS/c1-17(2)28-19-11-5-7-13-21(19)30(22-14-8-6-12-20(22)29-18(3)4)23-15-9-10-16-24(23)31(25,26)27/h5-18H,1-4H3,(H,25,26,27)/p-1. The third kappa shape index (κ3) is 5.65. The molecule has 0 fully saturated rings. The molecule has 7 heteroatoms. The highest BCUT2D eigenvalue weighted by molar-refractivity contribution is 7.88. The van der Waals surface area contributed by atoms with E-state index < -0.39 is 18.0 Å². The van der Waals surface area contributed by atoms with Crippen molar-refractivity contribution in [1.82, 2.24) is 0 Å². The van der Waals surface area contributed by atoms with E-state index in [1.54, 1.807) is 18.2 Å². The average molecular weight is 458 g/mol. The Hall–Kier alpha value is -2.40. The second kappa shape index (κ2) is 9.82. The van der Waals surface area contributed by atoms with Crippen molar-refractivity contribution in [2.24, 2.45) is 0 Å². The lowest BCUT2D eigenvalue weighted by Gasteiger charge is -2.27. The largest absolute Gasteiger partial charge is 0.744 e. The minimum absolute atomic E-state index is 0.0707. The lowest BCUT2D eigenvalue weighted by atomic mass is 10.3. The van der Waals surface area contributed by atoms with Gasteiger partial charge in [0.15, 0.2) is 0 Å². The van der Waals surface area contributed by atoms with Crippen LogP contribution in [0, 0.1) is 0 Å². The SMILES string of the molecule is CC(C)Oc1ccccc1P(c1ccccc1OC(C)C)c1ccccc1S(=O)(=O)[O-]. The van der Waals surface area contributed by atoms with Crippen molar-refractivity contribution in [1.29, 1.82) is 0 Å². The first-order valence-electron chi connectivity index (χ1n) is 10.0. The van der Waals surface area contributed by atoms with Crippen LogP contribution in [-0.2, 0) is 10.1 Å². The molecular formula is C24H26O5PS-. The van der Waals surface area contributed by atoms with Gasteiger partial charge in [0.2, 0.25) is 0 Å². The third-order valence-corrected chi connectivity index (χ3v) is 7.93. The number of hydrogen-bond donors (Lipinski definition) is 0. The summed E-state index contributed by atoms with van der Waals surface area (Å²) in [6.07, 6.45) is -0.141. The fraction of sp³-hybridized carbons (Fsp3) is 0.250. The van der Waals surface area contributed by atoms with E-state index in [-0.39, 0.29) is 17.1 Å².